The van der Waals surface area contributed by atoms with E-state index in [9.17, 15) is 0 Å². The molecule has 3 aliphatic rings. The summed E-state index contributed by atoms with van der Waals surface area (Å²) < 4.78 is 22.8. The lowest BCUT2D eigenvalue weighted by Crippen LogP contribution is -2.34. The highest BCUT2D eigenvalue weighted by atomic mass is 16.6. The molecule has 1 atom stereocenters. The van der Waals surface area contributed by atoms with Gasteiger partial charge in [-0.25, -0.2) is 0 Å². The molecule has 5 nitrogen and oxygen atoms in total. The molecule has 0 aromatic heterocycles. The molecule has 0 radical (unpaired) electrons. The summed E-state index contributed by atoms with van der Waals surface area (Å²) in [5.74, 6) is 3.31. The van der Waals surface area contributed by atoms with Gasteiger partial charge in [0.2, 0.25) is 0 Å². The lowest BCUT2D eigenvalue weighted by atomic mass is 9.86. The second-order valence-corrected chi connectivity index (χ2v) is 7.11. The number of fused-ring (bicyclic) bond motifs is 5. The zero-order valence-electron chi connectivity index (χ0n) is 15.9. The molecule has 0 bridgehead atoms. The van der Waals surface area contributed by atoms with Gasteiger partial charge in [0.05, 0.1) is 20.3 Å². The number of benzene rings is 2. The van der Waals surface area contributed by atoms with Crippen molar-refractivity contribution >= 4 is 11.8 Å². The van der Waals surface area contributed by atoms with E-state index in [1.54, 1.807) is 14.2 Å². The van der Waals surface area contributed by atoms with Gasteiger partial charge in [0.25, 0.3) is 0 Å². The molecule has 0 saturated carbocycles. The number of nitrogens with zero attached hydrogens (tertiary/aromatic N) is 1. The normalized spacial score (nSPS) is 19.4. The summed E-state index contributed by atoms with van der Waals surface area (Å²) in [5, 5.41) is 0. The van der Waals surface area contributed by atoms with Crippen molar-refractivity contribution in [3.63, 3.8) is 0 Å². The van der Waals surface area contributed by atoms with Gasteiger partial charge < -0.3 is 23.8 Å². The van der Waals surface area contributed by atoms with E-state index in [1.165, 1.54) is 28.0 Å². The van der Waals surface area contributed by atoms with Gasteiger partial charge in [0.1, 0.15) is 13.2 Å². The highest BCUT2D eigenvalue weighted by Crippen LogP contribution is 2.49. The van der Waals surface area contributed by atoms with Crippen molar-refractivity contribution in [1.29, 1.82) is 0 Å². The second-order valence-electron chi connectivity index (χ2n) is 7.11. The molecule has 0 N–H and O–H groups in total. The van der Waals surface area contributed by atoms with E-state index in [1.807, 2.05) is 6.07 Å². The highest BCUT2D eigenvalue weighted by Gasteiger charge is 2.34. The molecule has 0 spiro atoms. The van der Waals surface area contributed by atoms with Gasteiger partial charge in [-0.2, -0.15) is 0 Å². The molecule has 2 aromatic carbocycles. The summed E-state index contributed by atoms with van der Waals surface area (Å²) in [4.78, 5) is 2.45. The Morgan fingerprint density at radius 1 is 1.04 bits per heavy atom. The maximum Gasteiger partial charge on any atom is 0.166 e. The van der Waals surface area contributed by atoms with Crippen molar-refractivity contribution in [2.24, 2.45) is 0 Å². The SMILES string of the molecule is COc1ccc2c(c1OC)C(C)N1CCc3cc4c(cc3C1=C2)OCCO4. The first-order valence-corrected chi connectivity index (χ1v) is 9.37. The minimum Gasteiger partial charge on any atom is -0.493 e. The average molecular weight is 365 g/mol. The molecule has 3 heterocycles. The lowest BCUT2D eigenvalue weighted by molar-refractivity contribution is 0.171. The Morgan fingerprint density at radius 3 is 2.56 bits per heavy atom. The molecule has 5 rings (SSSR count). The fourth-order valence-corrected chi connectivity index (χ4v) is 4.48. The number of methoxy groups -OCH3 is 2. The van der Waals surface area contributed by atoms with Crippen molar-refractivity contribution < 1.29 is 18.9 Å². The Labute approximate surface area is 159 Å². The molecule has 5 heteroatoms. The van der Waals surface area contributed by atoms with Crippen LogP contribution in [0.2, 0.25) is 0 Å². The summed E-state index contributed by atoms with van der Waals surface area (Å²) >= 11 is 0. The van der Waals surface area contributed by atoms with Crippen molar-refractivity contribution in [1.82, 2.24) is 4.90 Å². The van der Waals surface area contributed by atoms with Gasteiger partial charge in [0.15, 0.2) is 23.0 Å². The van der Waals surface area contributed by atoms with Crippen LogP contribution in [0.1, 0.15) is 35.2 Å². The van der Waals surface area contributed by atoms with Gasteiger partial charge in [-0.3, -0.25) is 0 Å². The Morgan fingerprint density at radius 2 is 1.81 bits per heavy atom. The molecule has 27 heavy (non-hydrogen) atoms. The van der Waals surface area contributed by atoms with Crippen LogP contribution in [-0.4, -0.2) is 38.9 Å². The molecule has 0 fully saturated rings. The van der Waals surface area contributed by atoms with E-state index in [4.69, 9.17) is 18.9 Å². The minimum absolute atomic E-state index is 0.200. The van der Waals surface area contributed by atoms with Crippen molar-refractivity contribution in [2.45, 2.75) is 19.4 Å². The van der Waals surface area contributed by atoms with E-state index in [0.717, 1.165) is 36.0 Å². The molecule has 2 aromatic rings. The van der Waals surface area contributed by atoms with Gasteiger partial charge in [-0.15, -0.1) is 0 Å². The lowest BCUT2D eigenvalue weighted by Gasteiger charge is -2.42. The summed E-state index contributed by atoms with van der Waals surface area (Å²) in [6, 6.07) is 8.58. The Bertz CT molecular complexity index is 950. The first-order chi connectivity index (χ1) is 13.2. The van der Waals surface area contributed by atoms with Crippen LogP contribution in [0.4, 0.5) is 0 Å². The molecular formula is C22H23NO4. The maximum absolute atomic E-state index is 5.83. The second kappa shape index (κ2) is 6.12. The van der Waals surface area contributed by atoms with Crippen LogP contribution in [0.3, 0.4) is 0 Å². The van der Waals surface area contributed by atoms with Crippen molar-refractivity contribution in [2.75, 3.05) is 34.0 Å². The molecule has 0 amide bonds. The number of hydrogen-bond acceptors (Lipinski definition) is 5. The third kappa shape index (κ3) is 2.37. The predicted octanol–water partition coefficient (Wildman–Crippen LogP) is 3.91. The number of ether oxygens (including phenoxy) is 4. The van der Waals surface area contributed by atoms with Gasteiger partial charge in [-0.1, -0.05) is 6.07 Å². The minimum atomic E-state index is 0.200. The van der Waals surface area contributed by atoms with E-state index in [0.29, 0.717) is 13.2 Å². The zero-order chi connectivity index (χ0) is 18.5. The van der Waals surface area contributed by atoms with Gasteiger partial charge in [0, 0.05) is 23.4 Å². The Kier molecular flexibility index (Phi) is 3.71. The molecule has 1 unspecified atom stereocenters. The number of rotatable bonds is 2. The van der Waals surface area contributed by atoms with Gasteiger partial charge in [-0.05, 0) is 48.7 Å². The zero-order valence-corrected chi connectivity index (χ0v) is 15.9. The molecule has 0 saturated heterocycles. The average Bonchev–Trinajstić information content (AvgIpc) is 2.71. The van der Waals surface area contributed by atoms with Crippen LogP contribution in [0, 0.1) is 0 Å². The molecule has 3 aliphatic heterocycles. The third-order valence-electron chi connectivity index (χ3n) is 5.77. The Hall–Kier alpha value is -2.82. The highest BCUT2D eigenvalue weighted by molar-refractivity contribution is 5.87. The smallest absolute Gasteiger partial charge is 0.166 e. The van der Waals surface area contributed by atoms with Crippen LogP contribution >= 0.6 is 0 Å². The van der Waals surface area contributed by atoms with Crippen LogP contribution < -0.4 is 18.9 Å². The standard InChI is InChI=1S/C22H23NO4/c1-13-21-15(4-5-18(24-2)22(21)25-3)10-17-16-12-20-19(26-8-9-27-20)11-14(16)6-7-23(13)17/h4-5,10-13H,6-9H2,1-3H3. The van der Waals surface area contributed by atoms with Gasteiger partial charge >= 0.3 is 0 Å². The molecule has 0 aliphatic carbocycles. The van der Waals surface area contributed by atoms with Crippen LogP contribution in [-0.2, 0) is 6.42 Å². The monoisotopic (exact) mass is 365 g/mol. The largest absolute Gasteiger partial charge is 0.493 e. The van der Waals surface area contributed by atoms with E-state index >= 15 is 0 Å². The topological polar surface area (TPSA) is 40.2 Å². The Balaban J connectivity index is 1.68. The predicted molar refractivity (Wildman–Crippen MR) is 104 cm³/mol. The fraction of sp³-hybridized carbons (Fsp3) is 0.364. The fourth-order valence-electron chi connectivity index (χ4n) is 4.48. The van der Waals surface area contributed by atoms with Crippen LogP contribution in [0.25, 0.3) is 11.8 Å². The summed E-state index contributed by atoms with van der Waals surface area (Å²) in [6.07, 6.45) is 3.24. The van der Waals surface area contributed by atoms with E-state index in [-0.39, 0.29) is 6.04 Å². The molecular weight excluding hydrogens is 342 g/mol. The van der Waals surface area contributed by atoms with Crippen molar-refractivity contribution in [3.8, 4) is 23.0 Å². The first-order valence-electron chi connectivity index (χ1n) is 9.37. The quantitative estimate of drug-likeness (QED) is 0.807. The van der Waals surface area contributed by atoms with Crippen LogP contribution in [0.5, 0.6) is 23.0 Å². The summed E-state index contributed by atoms with van der Waals surface area (Å²) in [6.45, 7) is 4.41. The maximum atomic E-state index is 5.83. The first kappa shape index (κ1) is 16.4. The van der Waals surface area contributed by atoms with E-state index in [2.05, 4.69) is 36.1 Å². The van der Waals surface area contributed by atoms with Crippen LogP contribution in [0.15, 0.2) is 24.3 Å². The van der Waals surface area contributed by atoms with Crippen molar-refractivity contribution in [3.05, 3.63) is 46.5 Å². The third-order valence-corrected chi connectivity index (χ3v) is 5.77. The summed E-state index contributed by atoms with van der Waals surface area (Å²) in [5.41, 5.74) is 6.15. The number of hydrogen-bond donors (Lipinski definition) is 0. The summed E-state index contributed by atoms with van der Waals surface area (Å²) in [7, 11) is 3.39. The van der Waals surface area contributed by atoms with E-state index < -0.39 is 0 Å². The molecule has 140 valence electrons.